The van der Waals surface area contributed by atoms with Crippen molar-refractivity contribution in [2.45, 2.75) is 32.6 Å². The first-order valence-corrected chi connectivity index (χ1v) is 11.9. The topological polar surface area (TPSA) is 106 Å². The van der Waals surface area contributed by atoms with Crippen LogP contribution in [-0.2, 0) is 20.9 Å². The van der Waals surface area contributed by atoms with Gasteiger partial charge in [-0.15, -0.1) is 0 Å². The molecule has 0 radical (unpaired) electrons. The number of amides is 1. The van der Waals surface area contributed by atoms with E-state index in [0.29, 0.717) is 11.3 Å². The molecule has 0 aliphatic rings. The Morgan fingerprint density at radius 3 is 2.49 bits per heavy atom. The lowest BCUT2D eigenvalue weighted by atomic mass is 9.98. The third-order valence-electron chi connectivity index (χ3n) is 5.40. The van der Waals surface area contributed by atoms with Crippen LogP contribution in [0.5, 0.6) is 11.5 Å². The van der Waals surface area contributed by atoms with Gasteiger partial charge in [-0.25, -0.2) is 14.0 Å². The molecule has 3 aromatic rings. The summed E-state index contributed by atoms with van der Waals surface area (Å²) in [6, 6.07) is 14.4. The first kappa shape index (κ1) is 27.8. The van der Waals surface area contributed by atoms with Crippen molar-refractivity contribution in [3.63, 3.8) is 0 Å². The molecule has 3 rings (SSSR count). The fourth-order valence-corrected chi connectivity index (χ4v) is 3.73. The Balaban J connectivity index is 1.90. The second kappa shape index (κ2) is 12.9. The van der Waals surface area contributed by atoms with E-state index in [1.165, 1.54) is 12.1 Å². The Bertz CT molecular complexity index is 1240. The average molecular weight is 531 g/mol. The molecule has 3 N–H and O–H groups in total. The first-order valence-electron chi connectivity index (χ1n) is 11.5. The molecular weight excluding hydrogens is 503 g/mol. The van der Waals surface area contributed by atoms with E-state index in [-0.39, 0.29) is 35.3 Å². The van der Waals surface area contributed by atoms with Crippen molar-refractivity contribution >= 4 is 29.4 Å². The fraction of sp³-hybridized carbons (Fsp3) is 0.259. The Morgan fingerprint density at radius 2 is 1.81 bits per heavy atom. The number of halogens is 2. The molecule has 3 aromatic carbocycles. The standard InChI is InChI=1S/C27H28ClFN2O6/c1-4-35-26(33)23(31-27(34)36-15-17-8-6-5-7-9-17)24(32)19-12-10-16(2)25(22(19)30-3)37-21-14-18(29)11-13-20(21)28/h5-14,23-24,30,32H,4,15H2,1-3H3,(H,31,34)/t23-,24+/m1/s1. The van der Waals surface area contributed by atoms with Crippen LogP contribution < -0.4 is 15.4 Å². The van der Waals surface area contributed by atoms with Gasteiger partial charge < -0.3 is 30.0 Å². The largest absolute Gasteiger partial charge is 0.464 e. The zero-order valence-corrected chi connectivity index (χ0v) is 21.3. The van der Waals surface area contributed by atoms with Crippen LogP contribution in [0.1, 0.15) is 29.7 Å². The summed E-state index contributed by atoms with van der Waals surface area (Å²) in [5.41, 5.74) is 1.92. The van der Waals surface area contributed by atoms with E-state index in [1.807, 2.05) is 6.07 Å². The minimum Gasteiger partial charge on any atom is -0.464 e. The van der Waals surface area contributed by atoms with Gasteiger partial charge in [0.15, 0.2) is 11.8 Å². The molecule has 10 heteroatoms. The van der Waals surface area contributed by atoms with Crippen molar-refractivity contribution in [1.82, 2.24) is 5.32 Å². The second-order valence-electron chi connectivity index (χ2n) is 7.98. The van der Waals surface area contributed by atoms with Crippen LogP contribution in [0.3, 0.4) is 0 Å². The molecule has 2 atom stereocenters. The molecule has 0 aromatic heterocycles. The maximum atomic E-state index is 13.8. The molecule has 0 aliphatic heterocycles. The van der Waals surface area contributed by atoms with Crippen LogP contribution >= 0.6 is 11.6 Å². The molecule has 0 saturated heterocycles. The van der Waals surface area contributed by atoms with Gasteiger partial charge in [0.05, 0.1) is 17.3 Å². The predicted octanol–water partition coefficient (Wildman–Crippen LogP) is 5.51. The molecule has 196 valence electrons. The van der Waals surface area contributed by atoms with Gasteiger partial charge in [0.2, 0.25) is 0 Å². The summed E-state index contributed by atoms with van der Waals surface area (Å²) in [6.45, 7) is 3.36. The van der Waals surface area contributed by atoms with Crippen molar-refractivity contribution < 1.29 is 33.3 Å². The SMILES string of the molecule is CCOC(=O)[C@H](NC(=O)OCc1ccccc1)[C@@H](O)c1ccc(C)c(Oc2cc(F)ccc2Cl)c1NC. The molecule has 0 heterocycles. The Labute approximate surface area is 219 Å². The number of anilines is 1. The highest BCUT2D eigenvalue weighted by atomic mass is 35.5. The summed E-state index contributed by atoms with van der Waals surface area (Å²) in [5.74, 6) is -1.08. The minimum atomic E-state index is -1.56. The number of hydrogen-bond donors (Lipinski definition) is 3. The lowest BCUT2D eigenvalue weighted by molar-refractivity contribution is -0.148. The van der Waals surface area contributed by atoms with Crippen molar-refractivity contribution in [3.8, 4) is 11.5 Å². The third-order valence-corrected chi connectivity index (χ3v) is 5.72. The van der Waals surface area contributed by atoms with E-state index >= 15 is 0 Å². The monoisotopic (exact) mass is 530 g/mol. The Morgan fingerprint density at radius 1 is 1.08 bits per heavy atom. The van der Waals surface area contributed by atoms with Crippen molar-refractivity contribution in [3.05, 3.63) is 88.2 Å². The number of rotatable bonds is 10. The number of aliphatic hydroxyl groups excluding tert-OH is 1. The maximum absolute atomic E-state index is 13.8. The van der Waals surface area contributed by atoms with Gasteiger partial charge in [-0.05, 0) is 37.1 Å². The third kappa shape index (κ3) is 7.12. The smallest absolute Gasteiger partial charge is 0.408 e. The zero-order valence-electron chi connectivity index (χ0n) is 20.6. The zero-order chi connectivity index (χ0) is 26.9. The second-order valence-corrected chi connectivity index (χ2v) is 8.39. The quantitative estimate of drug-likeness (QED) is 0.297. The predicted molar refractivity (Wildman–Crippen MR) is 137 cm³/mol. The first-order chi connectivity index (χ1) is 17.7. The number of benzene rings is 3. The van der Waals surface area contributed by atoms with Gasteiger partial charge in [-0.1, -0.05) is 54.1 Å². The fourth-order valence-electron chi connectivity index (χ4n) is 3.57. The maximum Gasteiger partial charge on any atom is 0.408 e. The summed E-state index contributed by atoms with van der Waals surface area (Å²) >= 11 is 6.17. The van der Waals surface area contributed by atoms with Crippen LogP contribution in [-0.4, -0.2) is 36.9 Å². The molecule has 0 aliphatic carbocycles. The summed E-state index contributed by atoms with van der Waals surface area (Å²) in [6.07, 6.45) is -2.47. The van der Waals surface area contributed by atoms with Crippen molar-refractivity contribution in [1.29, 1.82) is 0 Å². The van der Waals surface area contributed by atoms with Crippen molar-refractivity contribution in [2.24, 2.45) is 0 Å². The number of carbonyl (C=O) groups excluding carboxylic acids is 2. The summed E-state index contributed by atoms with van der Waals surface area (Å²) in [4.78, 5) is 25.2. The van der Waals surface area contributed by atoms with E-state index in [4.69, 9.17) is 25.8 Å². The lowest BCUT2D eigenvalue weighted by Crippen LogP contribution is -2.46. The van der Waals surface area contributed by atoms with Gasteiger partial charge in [0.25, 0.3) is 0 Å². The lowest BCUT2D eigenvalue weighted by Gasteiger charge is -2.26. The molecule has 0 spiro atoms. The van der Waals surface area contributed by atoms with Crippen LogP contribution in [0.4, 0.5) is 14.9 Å². The van der Waals surface area contributed by atoms with Gasteiger partial charge in [-0.3, -0.25) is 0 Å². The molecule has 1 amide bonds. The Kier molecular flexibility index (Phi) is 9.71. The number of nitrogens with one attached hydrogen (secondary N) is 2. The number of carbonyl (C=O) groups is 2. The summed E-state index contributed by atoms with van der Waals surface area (Å²) < 4.78 is 30.0. The van der Waals surface area contributed by atoms with Crippen LogP contribution in [0.15, 0.2) is 60.7 Å². The van der Waals surface area contributed by atoms with E-state index in [1.54, 1.807) is 57.3 Å². The van der Waals surface area contributed by atoms with E-state index in [2.05, 4.69) is 10.6 Å². The van der Waals surface area contributed by atoms with Crippen LogP contribution in [0.25, 0.3) is 0 Å². The van der Waals surface area contributed by atoms with Crippen molar-refractivity contribution in [2.75, 3.05) is 19.0 Å². The molecule has 0 saturated carbocycles. The highest BCUT2D eigenvalue weighted by Gasteiger charge is 2.34. The highest BCUT2D eigenvalue weighted by Crippen LogP contribution is 2.41. The number of hydrogen-bond acceptors (Lipinski definition) is 7. The number of ether oxygens (including phenoxy) is 3. The van der Waals surface area contributed by atoms with Crippen LogP contribution in [0, 0.1) is 12.7 Å². The van der Waals surface area contributed by atoms with E-state index < -0.39 is 30.0 Å². The van der Waals surface area contributed by atoms with E-state index in [9.17, 15) is 19.1 Å². The number of aliphatic hydroxyl groups is 1. The van der Waals surface area contributed by atoms with Gasteiger partial charge in [0.1, 0.15) is 24.3 Å². The molecule has 0 unspecified atom stereocenters. The summed E-state index contributed by atoms with van der Waals surface area (Å²) in [5, 5.41) is 16.8. The minimum absolute atomic E-state index is 0.0298. The van der Waals surface area contributed by atoms with Crippen LogP contribution in [0.2, 0.25) is 5.02 Å². The average Bonchev–Trinajstić information content (AvgIpc) is 2.89. The highest BCUT2D eigenvalue weighted by molar-refractivity contribution is 6.32. The Hall–Kier alpha value is -3.82. The number of aryl methyl sites for hydroxylation is 1. The molecule has 8 nitrogen and oxygen atoms in total. The normalized spacial score (nSPS) is 12.3. The molecule has 0 fully saturated rings. The van der Waals surface area contributed by atoms with Gasteiger partial charge in [0, 0.05) is 18.7 Å². The van der Waals surface area contributed by atoms with E-state index in [0.717, 1.165) is 11.6 Å². The summed E-state index contributed by atoms with van der Waals surface area (Å²) in [7, 11) is 1.59. The molecule has 37 heavy (non-hydrogen) atoms. The molecular formula is C27H28ClFN2O6. The molecule has 0 bridgehead atoms. The number of esters is 1. The van der Waals surface area contributed by atoms with Gasteiger partial charge in [-0.2, -0.15) is 0 Å². The van der Waals surface area contributed by atoms with Gasteiger partial charge >= 0.3 is 12.1 Å². The number of alkyl carbamates (subject to hydrolysis) is 1.